The molecule has 1 unspecified atom stereocenters. The Morgan fingerprint density at radius 1 is 1.00 bits per heavy atom. The topological polar surface area (TPSA) is 45.8 Å². The van der Waals surface area contributed by atoms with Crippen LogP contribution in [0.15, 0.2) is 60.7 Å². The molecule has 0 saturated heterocycles. The number of aromatic nitrogens is 2. The normalized spacial score (nSPS) is 15.2. The van der Waals surface area contributed by atoms with Gasteiger partial charge in [-0.25, -0.2) is 8.78 Å². The molecule has 37 heavy (non-hydrogen) atoms. The van der Waals surface area contributed by atoms with Crippen LogP contribution in [-0.4, -0.2) is 16.0 Å². The fourth-order valence-corrected chi connectivity index (χ4v) is 5.69. The lowest BCUT2D eigenvalue weighted by molar-refractivity contribution is 0.0926. The largest absolute Gasteiger partial charge is 0.292 e. The SMILES string of the molecule is CC(Cc1ccc(CCCC2CCCCC2)cc1)C(=O)c1n[nH]c2ccc(-c3cccc(F)c3F)cc12. The van der Waals surface area contributed by atoms with Crippen LogP contribution in [0, 0.1) is 23.5 Å². The molecule has 1 aliphatic rings. The van der Waals surface area contributed by atoms with Gasteiger partial charge in [0.1, 0.15) is 5.69 Å². The van der Waals surface area contributed by atoms with Gasteiger partial charge in [0, 0.05) is 16.9 Å². The van der Waals surface area contributed by atoms with Gasteiger partial charge in [-0.15, -0.1) is 0 Å². The van der Waals surface area contributed by atoms with E-state index in [1.165, 1.54) is 62.6 Å². The van der Waals surface area contributed by atoms with Crippen LogP contribution >= 0.6 is 0 Å². The fourth-order valence-electron chi connectivity index (χ4n) is 5.69. The summed E-state index contributed by atoms with van der Waals surface area (Å²) < 4.78 is 28.1. The van der Waals surface area contributed by atoms with Crippen molar-refractivity contribution in [2.45, 2.75) is 64.7 Å². The highest BCUT2D eigenvalue weighted by Gasteiger charge is 2.22. The van der Waals surface area contributed by atoms with Crippen LogP contribution in [0.25, 0.3) is 22.0 Å². The van der Waals surface area contributed by atoms with Crippen LogP contribution in [0.2, 0.25) is 0 Å². The molecule has 0 aliphatic heterocycles. The Kier molecular flexibility index (Phi) is 7.78. The van der Waals surface area contributed by atoms with Crippen LogP contribution in [-0.2, 0) is 12.8 Å². The van der Waals surface area contributed by atoms with Crippen molar-refractivity contribution in [1.29, 1.82) is 0 Å². The highest BCUT2D eigenvalue weighted by molar-refractivity contribution is 6.07. The summed E-state index contributed by atoms with van der Waals surface area (Å²) in [5.74, 6) is -1.21. The molecule has 1 aliphatic carbocycles. The number of hydrogen-bond donors (Lipinski definition) is 1. The van der Waals surface area contributed by atoms with Crippen LogP contribution in [0.3, 0.4) is 0 Å². The first kappa shape index (κ1) is 25.3. The zero-order chi connectivity index (χ0) is 25.8. The Bertz CT molecular complexity index is 1370. The van der Waals surface area contributed by atoms with Gasteiger partial charge in [0.05, 0.1) is 5.52 Å². The van der Waals surface area contributed by atoms with Gasteiger partial charge in [0.25, 0.3) is 0 Å². The molecular formula is C32H34F2N2O. The molecule has 1 N–H and O–H groups in total. The number of benzene rings is 3. The Morgan fingerprint density at radius 3 is 2.54 bits per heavy atom. The number of ketones is 1. The molecule has 1 atom stereocenters. The molecule has 192 valence electrons. The van der Waals surface area contributed by atoms with Gasteiger partial charge in [0.15, 0.2) is 17.4 Å². The number of hydrogen-bond acceptors (Lipinski definition) is 2. The number of aryl methyl sites for hydroxylation is 1. The van der Waals surface area contributed by atoms with Gasteiger partial charge >= 0.3 is 0 Å². The van der Waals surface area contributed by atoms with Crippen molar-refractivity contribution in [1.82, 2.24) is 10.2 Å². The lowest BCUT2D eigenvalue weighted by atomic mass is 9.85. The van der Waals surface area contributed by atoms with Gasteiger partial charge in [-0.05, 0) is 60.1 Å². The third-order valence-electron chi connectivity index (χ3n) is 7.87. The van der Waals surface area contributed by atoms with Crippen LogP contribution in [0.5, 0.6) is 0 Å². The van der Waals surface area contributed by atoms with E-state index in [9.17, 15) is 13.6 Å². The van der Waals surface area contributed by atoms with Gasteiger partial charge < -0.3 is 0 Å². The average Bonchev–Trinajstić information content (AvgIpc) is 3.34. The third-order valence-corrected chi connectivity index (χ3v) is 7.87. The summed E-state index contributed by atoms with van der Waals surface area (Å²) in [5, 5.41) is 7.80. The lowest BCUT2D eigenvalue weighted by Gasteiger charge is -2.21. The first-order valence-corrected chi connectivity index (χ1v) is 13.5. The number of halogens is 2. The Morgan fingerprint density at radius 2 is 1.76 bits per heavy atom. The second-order valence-electron chi connectivity index (χ2n) is 10.6. The molecular weight excluding hydrogens is 466 g/mol. The van der Waals surface area contributed by atoms with Crippen LogP contribution < -0.4 is 0 Å². The zero-order valence-electron chi connectivity index (χ0n) is 21.4. The number of aromatic amines is 1. The molecule has 3 aromatic carbocycles. The summed E-state index contributed by atoms with van der Waals surface area (Å²) in [7, 11) is 0. The van der Waals surface area contributed by atoms with Crippen molar-refractivity contribution >= 4 is 16.7 Å². The summed E-state index contributed by atoms with van der Waals surface area (Å²) >= 11 is 0. The highest BCUT2D eigenvalue weighted by atomic mass is 19.2. The van der Waals surface area contributed by atoms with Gasteiger partial charge in [-0.1, -0.05) is 87.9 Å². The Balaban J connectivity index is 1.24. The summed E-state index contributed by atoms with van der Waals surface area (Å²) in [5.41, 5.74) is 4.17. The van der Waals surface area contributed by atoms with Crippen molar-refractivity contribution in [2.75, 3.05) is 0 Å². The monoisotopic (exact) mass is 500 g/mol. The number of nitrogens with one attached hydrogen (secondary N) is 1. The zero-order valence-corrected chi connectivity index (χ0v) is 21.4. The molecule has 5 heteroatoms. The van der Waals surface area contributed by atoms with E-state index in [0.717, 1.165) is 24.0 Å². The van der Waals surface area contributed by atoms with E-state index in [4.69, 9.17) is 0 Å². The molecule has 0 spiro atoms. The van der Waals surface area contributed by atoms with Crippen LogP contribution in [0.1, 0.15) is 73.5 Å². The van der Waals surface area contributed by atoms with E-state index < -0.39 is 11.6 Å². The van der Waals surface area contributed by atoms with Crippen molar-refractivity contribution in [3.05, 3.63) is 89.1 Å². The minimum atomic E-state index is -0.899. The summed E-state index contributed by atoms with van der Waals surface area (Å²) in [6.45, 7) is 1.91. The summed E-state index contributed by atoms with van der Waals surface area (Å²) in [6.07, 6.45) is 11.3. The van der Waals surface area contributed by atoms with E-state index >= 15 is 0 Å². The molecule has 1 fully saturated rings. The van der Waals surface area contributed by atoms with Crippen molar-refractivity contribution < 1.29 is 13.6 Å². The third kappa shape index (κ3) is 5.82. The average molecular weight is 501 g/mol. The number of Topliss-reactive ketones (excluding diaryl/α,β-unsaturated/α-hetero) is 1. The Hall–Kier alpha value is -3.34. The van der Waals surface area contributed by atoms with E-state index in [1.54, 1.807) is 18.2 Å². The van der Waals surface area contributed by atoms with E-state index in [1.807, 2.05) is 6.92 Å². The number of H-pyrrole nitrogens is 1. The van der Waals surface area contributed by atoms with Gasteiger partial charge in [-0.2, -0.15) is 5.10 Å². The van der Waals surface area contributed by atoms with E-state index in [0.29, 0.717) is 28.6 Å². The van der Waals surface area contributed by atoms with E-state index in [2.05, 4.69) is 34.5 Å². The number of carbonyl (C=O) groups excluding carboxylic acids is 1. The second kappa shape index (κ2) is 11.4. The predicted octanol–water partition coefficient (Wildman–Crippen LogP) is 8.47. The van der Waals surface area contributed by atoms with Gasteiger partial charge in [-0.3, -0.25) is 9.89 Å². The maximum Gasteiger partial charge on any atom is 0.186 e. The molecule has 1 aromatic heterocycles. The maximum atomic E-state index is 14.4. The highest BCUT2D eigenvalue weighted by Crippen LogP contribution is 2.30. The fraction of sp³-hybridized carbons (Fsp3) is 0.375. The van der Waals surface area contributed by atoms with Crippen molar-refractivity contribution in [3.8, 4) is 11.1 Å². The second-order valence-corrected chi connectivity index (χ2v) is 10.6. The molecule has 3 nitrogen and oxygen atoms in total. The Labute approximate surface area is 217 Å². The lowest BCUT2D eigenvalue weighted by Crippen LogP contribution is -2.15. The summed E-state index contributed by atoms with van der Waals surface area (Å²) in [4.78, 5) is 13.3. The molecule has 5 rings (SSSR count). The number of carbonyl (C=O) groups is 1. The number of nitrogens with zero attached hydrogens (tertiary/aromatic N) is 1. The molecule has 4 aromatic rings. The molecule has 0 radical (unpaired) electrons. The molecule has 1 heterocycles. The van der Waals surface area contributed by atoms with Gasteiger partial charge in [0.2, 0.25) is 0 Å². The maximum absolute atomic E-state index is 14.4. The quantitative estimate of drug-likeness (QED) is 0.234. The molecule has 1 saturated carbocycles. The smallest absolute Gasteiger partial charge is 0.186 e. The van der Waals surface area contributed by atoms with Crippen molar-refractivity contribution in [2.24, 2.45) is 11.8 Å². The standard InChI is InChI=1S/C32H34F2N2O/c1-21(19-24-15-13-23(14-16-24)10-5-9-22-7-3-2-4-8-22)32(37)31-27-20-25(17-18-29(27)35-36-31)26-11-6-12-28(33)30(26)34/h6,11-18,20-22H,2-5,7-10,19H2,1H3,(H,35,36). The number of rotatable bonds is 9. The minimum Gasteiger partial charge on any atom is -0.292 e. The van der Waals surface area contributed by atoms with Crippen LogP contribution in [0.4, 0.5) is 8.78 Å². The molecule has 0 amide bonds. The summed E-state index contributed by atoms with van der Waals surface area (Å²) in [6, 6.07) is 17.9. The minimum absolute atomic E-state index is 0.0697. The first-order valence-electron chi connectivity index (χ1n) is 13.5. The first-order chi connectivity index (χ1) is 18.0. The van der Waals surface area contributed by atoms with Crippen molar-refractivity contribution in [3.63, 3.8) is 0 Å². The molecule has 0 bridgehead atoms. The van der Waals surface area contributed by atoms with E-state index in [-0.39, 0.29) is 17.3 Å². The number of fused-ring (bicyclic) bond motifs is 1. The predicted molar refractivity (Wildman–Crippen MR) is 145 cm³/mol.